The number of ether oxygens (including phenoxy) is 1. The van der Waals surface area contributed by atoms with E-state index in [-0.39, 0.29) is 18.5 Å². The number of halogens is 2. The second-order valence-corrected chi connectivity index (χ2v) is 9.55. The van der Waals surface area contributed by atoms with Gasteiger partial charge in [0.1, 0.15) is 5.75 Å². The first-order chi connectivity index (χ1) is 16.9. The van der Waals surface area contributed by atoms with Crippen molar-refractivity contribution in [3.05, 3.63) is 63.1 Å². The van der Waals surface area contributed by atoms with Crippen LogP contribution in [0.3, 0.4) is 0 Å². The van der Waals surface area contributed by atoms with Crippen LogP contribution in [-0.4, -0.2) is 48.8 Å². The fourth-order valence-electron chi connectivity index (χ4n) is 4.50. The normalized spacial score (nSPS) is 14.9. The molecule has 1 aliphatic carbocycles. The molecule has 7 nitrogen and oxygen atoms in total. The quantitative estimate of drug-likeness (QED) is 0.323. The van der Waals surface area contributed by atoms with Crippen molar-refractivity contribution in [2.45, 2.75) is 51.1 Å². The average molecular weight is 522 g/mol. The van der Waals surface area contributed by atoms with Crippen molar-refractivity contribution < 1.29 is 19.4 Å². The van der Waals surface area contributed by atoms with Crippen LogP contribution in [-0.2, 0) is 17.8 Å². The fraction of sp³-hybridized carbons (Fsp3) is 0.462. The number of nitrogens with one attached hydrogen (secondary N) is 2. The topological polar surface area (TPSA) is 90.9 Å². The molecule has 35 heavy (non-hydrogen) atoms. The number of carboxylic acid groups (broad SMARTS) is 1. The number of hydrogen-bond donors (Lipinski definition) is 3. The number of aliphatic carboxylic acids is 1. The van der Waals surface area contributed by atoms with Gasteiger partial charge >= 0.3 is 12.0 Å². The van der Waals surface area contributed by atoms with Crippen molar-refractivity contribution in [2.75, 3.05) is 26.7 Å². The van der Waals surface area contributed by atoms with Crippen LogP contribution in [0.4, 0.5) is 4.79 Å². The highest BCUT2D eigenvalue weighted by Gasteiger charge is 2.26. The zero-order valence-corrected chi connectivity index (χ0v) is 21.5. The Bertz CT molecular complexity index is 1020. The molecule has 0 heterocycles. The number of aryl methyl sites for hydroxylation is 1. The molecule has 0 aliphatic heterocycles. The van der Waals surface area contributed by atoms with Gasteiger partial charge < -0.3 is 20.5 Å². The van der Waals surface area contributed by atoms with Crippen LogP contribution >= 0.6 is 23.2 Å². The molecule has 0 spiro atoms. The lowest BCUT2D eigenvalue weighted by Gasteiger charge is -2.36. The van der Waals surface area contributed by atoms with E-state index >= 15 is 0 Å². The van der Waals surface area contributed by atoms with E-state index in [1.165, 1.54) is 11.1 Å². The van der Waals surface area contributed by atoms with Crippen LogP contribution < -0.4 is 15.4 Å². The van der Waals surface area contributed by atoms with E-state index in [4.69, 9.17) is 33.0 Å². The molecule has 9 heteroatoms. The van der Waals surface area contributed by atoms with Crippen LogP contribution in [0.15, 0.2) is 36.4 Å². The number of rotatable bonds is 12. The number of benzene rings is 2. The number of fused-ring (bicyclic) bond motifs is 1. The Morgan fingerprint density at radius 3 is 2.66 bits per heavy atom. The first-order valence-electron chi connectivity index (χ1n) is 12.0. The van der Waals surface area contributed by atoms with Gasteiger partial charge in [-0.1, -0.05) is 35.3 Å². The van der Waals surface area contributed by atoms with Crippen LogP contribution in [0.2, 0.25) is 10.0 Å². The smallest absolute Gasteiger partial charge is 0.315 e. The number of carboxylic acids is 1. The maximum Gasteiger partial charge on any atom is 0.315 e. The first-order valence-corrected chi connectivity index (χ1v) is 12.7. The van der Waals surface area contributed by atoms with Gasteiger partial charge in [-0.2, -0.15) is 0 Å². The van der Waals surface area contributed by atoms with Gasteiger partial charge in [0.2, 0.25) is 0 Å². The Morgan fingerprint density at radius 2 is 1.91 bits per heavy atom. The number of methoxy groups -OCH3 is 1. The monoisotopic (exact) mass is 521 g/mol. The van der Waals surface area contributed by atoms with E-state index in [1.807, 2.05) is 6.07 Å². The van der Waals surface area contributed by atoms with Gasteiger partial charge in [0.05, 0.1) is 7.11 Å². The van der Waals surface area contributed by atoms with Crippen molar-refractivity contribution in [3.8, 4) is 5.75 Å². The summed E-state index contributed by atoms with van der Waals surface area (Å²) < 4.78 is 5.45. The molecule has 1 aliphatic rings. The van der Waals surface area contributed by atoms with Crippen LogP contribution in [0, 0.1) is 0 Å². The molecule has 3 rings (SSSR count). The lowest BCUT2D eigenvalue weighted by molar-refractivity contribution is -0.137. The second kappa shape index (κ2) is 13.6. The molecule has 0 radical (unpaired) electrons. The minimum absolute atomic E-state index is 0.141. The van der Waals surface area contributed by atoms with Gasteiger partial charge in [0.15, 0.2) is 0 Å². The largest absolute Gasteiger partial charge is 0.497 e. The molecule has 190 valence electrons. The molecule has 0 saturated heterocycles. The van der Waals surface area contributed by atoms with Crippen molar-refractivity contribution in [1.29, 1.82) is 0 Å². The van der Waals surface area contributed by atoms with E-state index in [0.717, 1.165) is 43.5 Å². The summed E-state index contributed by atoms with van der Waals surface area (Å²) in [6.07, 6.45) is 4.62. The zero-order chi connectivity index (χ0) is 25.2. The summed E-state index contributed by atoms with van der Waals surface area (Å²) in [6.45, 7) is 2.26. The van der Waals surface area contributed by atoms with Gasteiger partial charge in [0.25, 0.3) is 0 Å². The molecule has 0 fully saturated rings. The van der Waals surface area contributed by atoms with Crippen molar-refractivity contribution in [1.82, 2.24) is 15.5 Å². The van der Waals surface area contributed by atoms with Gasteiger partial charge in [0, 0.05) is 42.1 Å². The Balaban J connectivity index is 1.54. The summed E-state index contributed by atoms with van der Waals surface area (Å²) in [6, 6.07) is 11.4. The third-order valence-electron chi connectivity index (χ3n) is 6.27. The predicted molar refractivity (Wildman–Crippen MR) is 138 cm³/mol. The molecular formula is C26H33Cl2N3O4. The lowest BCUT2D eigenvalue weighted by atomic mass is 9.86. The highest BCUT2D eigenvalue weighted by atomic mass is 35.5. The Morgan fingerprint density at radius 1 is 1.11 bits per heavy atom. The summed E-state index contributed by atoms with van der Waals surface area (Å²) in [5.41, 5.74) is 3.38. The van der Waals surface area contributed by atoms with Gasteiger partial charge in [-0.15, -0.1) is 0 Å². The summed E-state index contributed by atoms with van der Waals surface area (Å²) in [5, 5.41) is 15.9. The van der Waals surface area contributed by atoms with Gasteiger partial charge in [-0.05, 0) is 79.6 Å². The van der Waals surface area contributed by atoms with E-state index in [0.29, 0.717) is 36.1 Å². The number of carbonyl (C=O) groups is 2. The standard InChI is InChI=1S/C26H33Cl2N3O4/c1-35-21-11-9-18-5-2-6-24(22(18)16-21)31(13-3-7-25(32)33)14-4-12-29-26(34)30-17-19-8-10-20(27)15-23(19)28/h8-11,15-16,24H,2-7,12-14,17H2,1H3,(H,32,33)(H2,29,30,34). The summed E-state index contributed by atoms with van der Waals surface area (Å²) >= 11 is 12.1. The van der Waals surface area contributed by atoms with Gasteiger partial charge in [-0.3, -0.25) is 9.69 Å². The number of amides is 2. The van der Waals surface area contributed by atoms with E-state index in [1.54, 1.807) is 25.3 Å². The molecular weight excluding hydrogens is 489 g/mol. The Kier molecular flexibility index (Phi) is 10.5. The first kappa shape index (κ1) is 27.1. The molecule has 2 aromatic rings. The van der Waals surface area contributed by atoms with E-state index in [9.17, 15) is 9.59 Å². The SMILES string of the molecule is COc1ccc2c(c1)C(N(CCCNC(=O)NCc1ccc(Cl)cc1Cl)CCCC(=O)O)CCC2. The molecule has 1 atom stereocenters. The summed E-state index contributed by atoms with van der Waals surface area (Å²) in [4.78, 5) is 25.7. The highest BCUT2D eigenvalue weighted by molar-refractivity contribution is 6.35. The minimum Gasteiger partial charge on any atom is -0.497 e. The van der Waals surface area contributed by atoms with Gasteiger partial charge in [-0.25, -0.2) is 4.79 Å². The van der Waals surface area contributed by atoms with Crippen molar-refractivity contribution in [3.63, 3.8) is 0 Å². The van der Waals surface area contributed by atoms with Crippen molar-refractivity contribution in [2.24, 2.45) is 0 Å². The van der Waals surface area contributed by atoms with E-state index in [2.05, 4.69) is 27.7 Å². The van der Waals surface area contributed by atoms with Crippen LogP contribution in [0.5, 0.6) is 5.75 Å². The number of nitrogens with zero attached hydrogens (tertiary/aromatic N) is 1. The molecule has 3 N–H and O–H groups in total. The molecule has 2 aromatic carbocycles. The molecule has 1 unspecified atom stereocenters. The van der Waals surface area contributed by atoms with Crippen LogP contribution in [0.25, 0.3) is 0 Å². The van der Waals surface area contributed by atoms with Crippen LogP contribution in [0.1, 0.15) is 54.8 Å². The average Bonchev–Trinajstić information content (AvgIpc) is 2.84. The molecule has 2 amide bonds. The maximum atomic E-state index is 12.2. The summed E-state index contributed by atoms with van der Waals surface area (Å²) in [7, 11) is 1.67. The van der Waals surface area contributed by atoms with Crippen molar-refractivity contribution >= 4 is 35.2 Å². The maximum absolute atomic E-state index is 12.2. The van der Waals surface area contributed by atoms with E-state index < -0.39 is 5.97 Å². The number of carbonyl (C=O) groups excluding carboxylic acids is 1. The minimum atomic E-state index is -0.783. The number of hydrogen-bond acceptors (Lipinski definition) is 4. The predicted octanol–water partition coefficient (Wildman–Crippen LogP) is 5.44. The zero-order valence-electron chi connectivity index (χ0n) is 20.0. The summed E-state index contributed by atoms with van der Waals surface area (Å²) in [5.74, 6) is 0.0510. The third-order valence-corrected chi connectivity index (χ3v) is 6.86. The third kappa shape index (κ3) is 8.30. The molecule has 0 saturated carbocycles. The second-order valence-electron chi connectivity index (χ2n) is 8.70. The Hall–Kier alpha value is -2.48. The molecule has 0 aromatic heterocycles. The number of urea groups is 1. The Labute approximate surface area is 216 Å². The highest BCUT2D eigenvalue weighted by Crippen LogP contribution is 2.36. The molecule has 0 bridgehead atoms. The lowest BCUT2D eigenvalue weighted by Crippen LogP contribution is -2.38. The fourth-order valence-corrected chi connectivity index (χ4v) is 4.98.